The quantitative estimate of drug-likeness (QED) is 0.154. The predicted molar refractivity (Wildman–Crippen MR) is 171 cm³/mol. The lowest BCUT2D eigenvalue weighted by atomic mass is 9.95. The molecular formula is C31H35ClFN7O5. The van der Waals surface area contributed by atoms with Crippen LogP contribution < -0.4 is 38.1 Å². The van der Waals surface area contributed by atoms with E-state index in [1.54, 1.807) is 38.2 Å². The fourth-order valence-corrected chi connectivity index (χ4v) is 5.16. The van der Waals surface area contributed by atoms with Crippen molar-refractivity contribution < 1.29 is 23.5 Å². The first kappa shape index (κ1) is 33.0. The van der Waals surface area contributed by atoms with E-state index < -0.39 is 29.8 Å². The zero-order valence-corrected chi connectivity index (χ0v) is 26.0. The van der Waals surface area contributed by atoms with Gasteiger partial charge in [0.15, 0.2) is 5.82 Å². The third kappa shape index (κ3) is 7.27. The Kier molecular flexibility index (Phi) is 10.1. The number of nitrogens with one attached hydrogen (secondary N) is 3. The number of benzene rings is 2. The first-order valence-corrected chi connectivity index (χ1v) is 14.5. The average molecular weight is 640 g/mol. The maximum absolute atomic E-state index is 14.6. The maximum Gasteiger partial charge on any atom is 0.411 e. The van der Waals surface area contributed by atoms with E-state index in [1.165, 1.54) is 42.9 Å². The molecule has 14 heteroatoms. The number of pyridine rings is 1. The van der Waals surface area contributed by atoms with Crippen LogP contribution in [0.15, 0.2) is 64.7 Å². The molecule has 2 aromatic carbocycles. The normalized spacial score (nSPS) is 17.0. The molecule has 2 heterocycles. The highest BCUT2D eigenvalue weighted by Gasteiger charge is 2.25. The van der Waals surface area contributed by atoms with E-state index in [0.29, 0.717) is 47.5 Å². The number of carbonyl (C=O) groups is 3. The number of fused-ring (bicyclic) bond motifs is 4. The topological polar surface area (TPSA) is 174 Å². The van der Waals surface area contributed by atoms with Crippen molar-refractivity contribution in [2.45, 2.75) is 39.2 Å². The van der Waals surface area contributed by atoms with Gasteiger partial charge in [-0.1, -0.05) is 37.1 Å². The monoisotopic (exact) mass is 639 g/mol. The van der Waals surface area contributed by atoms with E-state index in [2.05, 4.69) is 20.7 Å². The fraction of sp³-hybridized carbons (Fsp3) is 0.290. The van der Waals surface area contributed by atoms with Gasteiger partial charge in [0.05, 0.1) is 35.2 Å². The predicted octanol–water partition coefficient (Wildman–Crippen LogP) is 4.51. The molecule has 0 saturated carbocycles. The highest BCUT2D eigenvalue weighted by atomic mass is 35.5. The van der Waals surface area contributed by atoms with Gasteiger partial charge < -0.3 is 25.7 Å². The van der Waals surface area contributed by atoms with Crippen LogP contribution in [0.3, 0.4) is 0 Å². The molecule has 2 bridgehead atoms. The molecule has 0 spiro atoms. The lowest BCUT2D eigenvalue weighted by Gasteiger charge is -2.26. The van der Waals surface area contributed by atoms with Crippen LogP contribution in [0.5, 0.6) is 0 Å². The lowest BCUT2D eigenvalue weighted by Crippen LogP contribution is -2.39. The third-order valence-corrected chi connectivity index (χ3v) is 8.04. The van der Waals surface area contributed by atoms with Gasteiger partial charge in [-0.2, -0.15) is 0 Å². The fourth-order valence-electron chi connectivity index (χ4n) is 4.99. The summed E-state index contributed by atoms with van der Waals surface area (Å²) >= 11 is 5.89. The first-order chi connectivity index (χ1) is 21.3. The summed E-state index contributed by atoms with van der Waals surface area (Å²) in [4.78, 5) is 51.6. The number of hydrogen-bond donors (Lipinski definition) is 5. The van der Waals surface area contributed by atoms with Gasteiger partial charge in [0, 0.05) is 36.0 Å². The second kappa shape index (κ2) is 13.8. The summed E-state index contributed by atoms with van der Waals surface area (Å²) in [6, 6.07) is 11.6. The van der Waals surface area contributed by atoms with E-state index in [1.807, 2.05) is 0 Å². The summed E-state index contributed by atoms with van der Waals surface area (Å²) in [5.74, 6) is 3.99. The van der Waals surface area contributed by atoms with Gasteiger partial charge in [0.2, 0.25) is 5.91 Å². The number of hydrazine groups is 1. The van der Waals surface area contributed by atoms with Crippen LogP contribution in [0.1, 0.15) is 44.8 Å². The zero-order valence-electron chi connectivity index (χ0n) is 25.2. The molecule has 0 fully saturated rings. The molecule has 1 aliphatic heterocycles. The number of allylic oxidation sites excluding steroid dienone is 1. The summed E-state index contributed by atoms with van der Waals surface area (Å²) in [7, 11) is 2.83. The highest BCUT2D eigenvalue weighted by Crippen LogP contribution is 2.34. The molecule has 4 rings (SSSR count). The molecule has 0 saturated heterocycles. The number of nitrogens with zero attached hydrogens (tertiary/aromatic N) is 2. The van der Waals surface area contributed by atoms with Crippen LogP contribution in [-0.2, 0) is 21.4 Å². The maximum atomic E-state index is 14.6. The Bertz CT molecular complexity index is 1740. The number of ether oxygens (including phenoxy) is 1. The smallest absolute Gasteiger partial charge is 0.411 e. The number of nitrogens with two attached hydrogens (primary N) is 2. The van der Waals surface area contributed by atoms with E-state index >= 15 is 0 Å². The van der Waals surface area contributed by atoms with Crippen LogP contribution in [0.25, 0.3) is 11.1 Å². The molecule has 7 N–H and O–H groups in total. The molecule has 1 unspecified atom stereocenters. The number of methoxy groups -OCH3 is 1. The van der Waals surface area contributed by atoms with Crippen LogP contribution in [-0.4, -0.2) is 29.6 Å². The number of halogens is 2. The number of hydrogen-bond acceptors (Lipinski definition) is 8. The number of amides is 3. The summed E-state index contributed by atoms with van der Waals surface area (Å²) < 4.78 is 20.7. The van der Waals surface area contributed by atoms with Crippen molar-refractivity contribution in [2.75, 3.05) is 22.8 Å². The van der Waals surface area contributed by atoms with Gasteiger partial charge >= 0.3 is 6.09 Å². The van der Waals surface area contributed by atoms with E-state index in [0.717, 1.165) is 5.01 Å². The molecule has 0 aliphatic carbocycles. The Morgan fingerprint density at radius 1 is 1.16 bits per heavy atom. The molecule has 1 aromatic heterocycles. The van der Waals surface area contributed by atoms with Crippen molar-refractivity contribution in [3.05, 3.63) is 86.8 Å². The van der Waals surface area contributed by atoms with Crippen LogP contribution in [0.2, 0.25) is 5.02 Å². The van der Waals surface area contributed by atoms with Crippen molar-refractivity contribution in [1.82, 2.24) is 9.88 Å². The summed E-state index contributed by atoms with van der Waals surface area (Å²) in [6.07, 6.45) is 0.664. The number of aromatic nitrogens is 1. The Morgan fingerprint density at radius 3 is 2.60 bits per heavy atom. The second-order valence-electron chi connectivity index (χ2n) is 10.7. The SMILES string of the molecule is COC(=O)Nc1ccc2c(c1)NC(=O)C(C)CCC[C@H](NC(=O)/C(N)=C(\C)N(N)c1cccc(Cl)c1F)c1cc-2cc(=O)n1C. The minimum absolute atomic E-state index is 0.0695. The number of rotatable bonds is 5. The molecule has 0 radical (unpaired) electrons. The molecule has 45 heavy (non-hydrogen) atoms. The van der Waals surface area contributed by atoms with E-state index in [9.17, 15) is 23.6 Å². The van der Waals surface area contributed by atoms with Crippen molar-refractivity contribution in [3.8, 4) is 11.1 Å². The Labute approximate surface area is 264 Å². The Balaban J connectivity index is 1.76. The molecule has 3 aromatic rings. The molecule has 12 nitrogen and oxygen atoms in total. The average Bonchev–Trinajstić information content (AvgIpc) is 3.01. The summed E-state index contributed by atoms with van der Waals surface area (Å²) in [5, 5.41) is 9.19. The van der Waals surface area contributed by atoms with Gasteiger partial charge in [-0.05, 0) is 55.7 Å². The third-order valence-electron chi connectivity index (χ3n) is 7.75. The van der Waals surface area contributed by atoms with Crippen molar-refractivity contribution >= 4 is 46.6 Å². The van der Waals surface area contributed by atoms with Crippen molar-refractivity contribution in [1.29, 1.82) is 0 Å². The number of anilines is 3. The van der Waals surface area contributed by atoms with Gasteiger partial charge in [-0.3, -0.25) is 24.7 Å². The zero-order chi connectivity index (χ0) is 33.0. The van der Waals surface area contributed by atoms with E-state index in [-0.39, 0.29) is 33.6 Å². The standard InChI is InChI=1S/C31H35ClFN7O5/c1-16-7-5-9-22(37-30(43)28(34)17(2)40(35)24-10-6-8-21(32)27(24)33)25-13-18(14-26(41)39(25)3)20-12-11-19(36-31(44)45-4)15-23(20)38-29(16)42/h6,8,10-16,22H,5,7,9,34-35H2,1-4H3,(H,36,44)(H,37,43)(H,38,42)/b28-17-/t16?,22-/m0/s1. The Hall–Kier alpha value is -4.88. The van der Waals surface area contributed by atoms with Gasteiger partial charge in [-0.25, -0.2) is 15.0 Å². The van der Waals surface area contributed by atoms with Gasteiger partial charge in [0.1, 0.15) is 5.70 Å². The minimum atomic E-state index is -0.771. The van der Waals surface area contributed by atoms with Crippen LogP contribution in [0.4, 0.5) is 26.2 Å². The Morgan fingerprint density at radius 2 is 1.89 bits per heavy atom. The molecule has 2 atom stereocenters. The summed E-state index contributed by atoms with van der Waals surface area (Å²) in [6.45, 7) is 3.25. The molecular weight excluding hydrogens is 605 g/mol. The van der Waals surface area contributed by atoms with Gasteiger partial charge in [-0.15, -0.1) is 0 Å². The van der Waals surface area contributed by atoms with Crippen LogP contribution in [0, 0.1) is 11.7 Å². The highest BCUT2D eigenvalue weighted by molar-refractivity contribution is 6.31. The van der Waals surface area contributed by atoms with E-state index in [4.69, 9.17) is 23.2 Å². The largest absolute Gasteiger partial charge is 0.453 e. The number of carbonyl (C=O) groups excluding carboxylic acids is 3. The van der Waals surface area contributed by atoms with Crippen LogP contribution >= 0.6 is 11.6 Å². The van der Waals surface area contributed by atoms with Gasteiger partial charge in [0.25, 0.3) is 11.5 Å². The molecule has 238 valence electrons. The van der Waals surface area contributed by atoms with Crippen molar-refractivity contribution in [2.24, 2.45) is 24.5 Å². The lowest BCUT2D eigenvalue weighted by molar-refractivity contribution is -0.120. The van der Waals surface area contributed by atoms with Crippen molar-refractivity contribution in [3.63, 3.8) is 0 Å². The molecule has 1 aliphatic rings. The molecule has 3 amide bonds. The summed E-state index contributed by atoms with van der Waals surface area (Å²) in [5.41, 5.74) is 7.82. The minimum Gasteiger partial charge on any atom is -0.453 e. The second-order valence-corrected chi connectivity index (χ2v) is 11.1. The first-order valence-electron chi connectivity index (χ1n) is 14.1.